The van der Waals surface area contributed by atoms with Crippen LogP contribution in [0.5, 0.6) is 0 Å². The molecule has 35 heavy (non-hydrogen) atoms. The van der Waals surface area contributed by atoms with Gasteiger partial charge in [0.25, 0.3) is 0 Å². The summed E-state index contributed by atoms with van der Waals surface area (Å²) in [6, 6.07) is -0.0371. The minimum absolute atomic E-state index is 0.0371. The first-order valence-electron chi connectivity index (χ1n) is 15.0. The molecule has 0 bridgehead atoms. The molecule has 0 N–H and O–H groups in total. The highest BCUT2D eigenvalue weighted by Gasteiger charge is 2.41. The second kappa shape index (κ2) is 18.8. The van der Waals surface area contributed by atoms with Crippen molar-refractivity contribution in [1.29, 1.82) is 0 Å². The molecule has 0 unspecified atom stereocenters. The van der Waals surface area contributed by atoms with Gasteiger partial charge in [-0.15, -0.1) is 0 Å². The number of hydrogen-bond acceptors (Lipinski definition) is 4. The maximum absolute atomic E-state index is 12.5. The van der Waals surface area contributed by atoms with Gasteiger partial charge in [-0.1, -0.05) is 76.9 Å². The third kappa shape index (κ3) is 12.4. The number of esters is 1. The second-order valence-corrected chi connectivity index (χ2v) is 10.8. The Morgan fingerprint density at radius 2 is 1.43 bits per heavy atom. The number of hydrogen-bond donors (Lipinski definition) is 0. The van der Waals surface area contributed by atoms with Crippen LogP contribution < -0.4 is 0 Å². The van der Waals surface area contributed by atoms with E-state index in [-0.39, 0.29) is 23.8 Å². The van der Waals surface area contributed by atoms with Gasteiger partial charge in [-0.25, -0.2) is 0 Å². The van der Waals surface area contributed by atoms with E-state index in [1.165, 1.54) is 89.9 Å². The molecule has 2 saturated heterocycles. The van der Waals surface area contributed by atoms with Gasteiger partial charge in [0, 0.05) is 25.6 Å². The molecule has 2 heterocycles. The smallest absolute Gasteiger partial charge is 0.311 e. The van der Waals surface area contributed by atoms with Gasteiger partial charge in [0.05, 0.1) is 5.92 Å². The Morgan fingerprint density at radius 3 is 2.06 bits per heavy atom. The molecule has 5 heteroatoms. The quantitative estimate of drug-likeness (QED) is 0.106. The maximum atomic E-state index is 12.5. The molecule has 0 aromatic carbocycles. The first kappa shape index (κ1) is 29.9. The van der Waals surface area contributed by atoms with Crippen LogP contribution in [0.25, 0.3) is 0 Å². The van der Waals surface area contributed by atoms with Crippen LogP contribution in [-0.4, -0.2) is 60.5 Å². The van der Waals surface area contributed by atoms with Gasteiger partial charge < -0.3 is 9.64 Å². The first-order chi connectivity index (χ1) is 17.1. The van der Waals surface area contributed by atoms with Crippen LogP contribution in [0.2, 0.25) is 0 Å². The lowest BCUT2D eigenvalue weighted by atomic mass is 10.0. The molecule has 0 spiro atoms. The van der Waals surface area contributed by atoms with Gasteiger partial charge in [0.15, 0.2) is 0 Å². The van der Waals surface area contributed by atoms with E-state index in [4.69, 9.17) is 4.74 Å². The predicted octanol–water partition coefficient (Wildman–Crippen LogP) is 6.90. The van der Waals surface area contributed by atoms with E-state index < -0.39 is 0 Å². The van der Waals surface area contributed by atoms with Gasteiger partial charge in [-0.05, 0) is 65.0 Å². The van der Waals surface area contributed by atoms with Crippen LogP contribution in [0.3, 0.4) is 0 Å². The molecule has 2 rings (SSSR count). The van der Waals surface area contributed by atoms with E-state index in [9.17, 15) is 9.59 Å². The molecular weight excluding hydrogens is 436 g/mol. The van der Waals surface area contributed by atoms with E-state index >= 15 is 0 Å². The van der Waals surface area contributed by atoms with Crippen molar-refractivity contribution in [3.63, 3.8) is 0 Å². The molecule has 202 valence electrons. The third-order valence-electron chi connectivity index (χ3n) is 7.85. The highest BCUT2D eigenvalue weighted by atomic mass is 16.5. The largest absolute Gasteiger partial charge is 0.464 e. The van der Waals surface area contributed by atoms with Crippen LogP contribution in [-0.2, 0) is 14.3 Å². The van der Waals surface area contributed by atoms with Crippen LogP contribution >= 0.6 is 0 Å². The number of allylic oxidation sites excluding steroid dienone is 2. The van der Waals surface area contributed by atoms with Crippen molar-refractivity contribution in [1.82, 2.24) is 9.80 Å². The van der Waals surface area contributed by atoms with Crippen molar-refractivity contribution in [2.45, 2.75) is 129 Å². The summed E-state index contributed by atoms with van der Waals surface area (Å²) in [5, 5.41) is 0. The maximum Gasteiger partial charge on any atom is 0.311 e. The van der Waals surface area contributed by atoms with Crippen LogP contribution in [0.4, 0.5) is 0 Å². The molecule has 2 fully saturated rings. The van der Waals surface area contributed by atoms with Crippen molar-refractivity contribution in [3.05, 3.63) is 12.2 Å². The Balaban J connectivity index is 1.43. The monoisotopic (exact) mass is 490 g/mol. The van der Waals surface area contributed by atoms with Gasteiger partial charge >= 0.3 is 5.97 Å². The zero-order valence-corrected chi connectivity index (χ0v) is 23.0. The van der Waals surface area contributed by atoms with Gasteiger partial charge in [-0.2, -0.15) is 0 Å². The van der Waals surface area contributed by atoms with Crippen molar-refractivity contribution < 1.29 is 14.3 Å². The highest BCUT2D eigenvalue weighted by molar-refractivity contribution is 5.87. The molecule has 0 aliphatic carbocycles. The summed E-state index contributed by atoms with van der Waals surface area (Å²) in [5.74, 6) is -0.365. The minimum Gasteiger partial charge on any atom is -0.464 e. The molecule has 2 aliphatic heterocycles. The van der Waals surface area contributed by atoms with Crippen molar-refractivity contribution in [2.75, 3.05) is 32.8 Å². The lowest BCUT2D eigenvalue weighted by Gasteiger charge is -2.24. The van der Waals surface area contributed by atoms with Gasteiger partial charge in [0.1, 0.15) is 6.61 Å². The van der Waals surface area contributed by atoms with Gasteiger partial charge in [0.2, 0.25) is 5.91 Å². The summed E-state index contributed by atoms with van der Waals surface area (Å²) in [4.78, 5) is 29.3. The summed E-state index contributed by atoms with van der Waals surface area (Å²) in [6.45, 7) is 8.55. The third-order valence-corrected chi connectivity index (χ3v) is 7.85. The fourth-order valence-electron chi connectivity index (χ4n) is 5.45. The van der Waals surface area contributed by atoms with Crippen LogP contribution in [0.15, 0.2) is 12.2 Å². The Bertz CT molecular complexity index is 600. The Kier molecular flexibility index (Phi) is 16.1. The summed E-state index contributed by atoms with van der Waals surface area (Å²) < 4.78 is 5.53. The number of unbranched alkanes of at least 4 members (excludes halogenated alkanes) is 12. The van der Waals surface area contributed by atoms with E-state index in [1.54, 1.807) is 0 Å². The first-order valence-corrected chi connectivity index (χ1v) is 15.0. The van der Waals surface area contributed by atoms with Gasteiger partial charge in [-0.3, -0.25) is 14.5 Å². The summed E-state index contributed by atoms with van der Waals surface area (Å²) in [6.07, 6.45) is 25.6. The van der Waals surface area contributed by atoms with E-state index in [1.807, 2.05) is 11.8 Å². The summed E-state index contributed by atoms with van der Waals surface area (Å²) in [7, 11) is 0. The Labute approximate surface area is 216 Å². The predicted molar refractivity (Wildman–Crippen MR) is 145 cm³/mol. The molecular formula is C30H54N2O3. The number of nitrogens with zero attached hydrogens (tertiary/aromatic N) is 2. The molecule has 0 aromatic rings. The summed E-state index contributed by atoms with van der Waals surface area (Å²) in [5.41, 5.74) is 0. The number of likely N-dealkylation sites (tertiary alicyclic amines) is 2. The molecule has 2 atom stereocenters. The average Bonchev–Trinajstić information content (AvgIpc) is 3.47. The number of carbonyl (C=O) groups is 2. The number of amides is 1. The van der Waals surface area contributed by atoms with Crippen LogP contribution in [0, 0.1) is 5.92 Å². The van der Waals surface area contributed by atoms with Crippen molar-refractivity contribution in [3.8, 4) is 0 Å². The minimum atomic E-state index is -0.296. The second-order valence-electron chi connectivity index (χ2n) is 10.8. The average molecular weight is 491 g/mol. The lowest BCUT2D eigenvalue weighted by Crippen LogP contribution is -2.36. The van der Waals surface area contributed by atoms with Crippen LogP contribution in [0.1, 0.15) is 123 Å². The number of ether oxygens (including phenoxy) is 1. The zero-order valence-electron chi connectivity index (χ0n) is 23.0. The molecule has 2 aliphatic rings. The van der Waals surface area contributed by atoms with Crippen molar-refractivity contribution in [2.24, 2.45) is 5.92 Å². The molecule has 1 amide bonds. The standard InChI is InChI=1S/C30H54N2O3/c1-3-4-5-6-7-8-9-10-11-12-13-14-15-16-17-18-23-32-27(2)28(26-29(32)33)30(34)35-25-24-31-21-19-20-22-31/h10-11,27-28H,3-9,12-26H2,1-2H3/b11-10-/t27-,28+/m1/s1. The molecule has 5 nitrogen and oxygen atoms in total. The summed E-state index contributed by atoms with van der Waals surface area (Å²) >= 11 is 0. The Hall–Kier alpha value is -1.36. The Morgan fingerprint density at radius 1 is 0.857 bits per heavy atom. The fourth-order valence-corrected chi connectivity index (χ4v) is 5.45. The molecule has 0 saturated carbocycles. The number of carbonyl (C=O) groups excluding carboxylic acids is 2. The fraction of sp³-hybridized carbons (Fsp3) is 0.867. The lowest BCUT2D eigenvalue weighted by molar-refractivity contribution is -0.149. The topological polar surface area (TPSA) is 49.9 Å². The normalized spacial score (nSPS) is 21.0. The van der Waals surface area contributed by atoms with E-state index in [0.29, 0.717) is 13.0 Å². The van der Waals surface area contributed by atoms with E-state index in [0.717, 1.165) is 39.0 Å². The highest BCUT2D eigenvalue weighted by Crippen LogP contribution is 2.27. The molecule has 0 radical (unpaired) electrons. The zero-order chi connectivity index (χ0) is 25.1. The molecule has 0 aromatic heterocycles. The van der Waals surface area contributed by atoms with E-state index in [2.05, 4.69) is 24.0 Å². The van der Waals surface area contributed by atoms with Crippen molar-refractivity contribution >= 4 is 11.9 Å². The SMILES string of the molecule is CCCCCCCC/C=C\CCCCCCCCN1C(=O)C[C@H](C(=O)OCCN2CCCC2)[C@H]1C. The number of rotatable bonds is 20.